The second kappa shape index (κ2) is 7.76. The molecule has 6 heteroatoms. The predicted molar refractivity (Wildman–Crippen MR) is 116 cm³/mol. The van der Waals surface area contributed by atoms with Crippen molar-refractivity contribution < 1.29 is 13.9 Å². The average molecular weight is 407 g/mol. The number of hydrogen-bond acceptors (Lipinski definition) is 3. The van der Waals surface area contributed by atoms with Gasteiger partial charge >= 0.3 is 0 Å². The van der Waals surface area contributed by atoms with Crippen molar-refractivity contribution in [3.63, 3.8) is 0 Å². The number of halogens is 1. The number of benzene rings is 2. The van der Waals surface area contributed by atoms with Crippen molar-refractivity contribution in [2.24, 2.45) is 0 Å². The van der Waals surface area contributed by atoms with Crippen LogP contribution in [0.1, 0.15) is 29.8 Å². The summed E-state index contributed by atoms with van der Waals surface area (Å²) < 4.78 is 18.9. The van der Waals surface area contributed by atoms with Gasteiger partial charge in [-0.1, -0.05) is 30.3 Å². The third-order valence-corrected chi connectivity index (χ3v) is 6.36. The van der Waals surface area contributed by atoms with Crippen LogP contribution in [0.3, 0.4) is 0 Å². The van der Waals surface area contributed by atoms with Crippen molar-refractivity contribution in [1.82, 2.24) is 9.88 Å². The Morgan fingerprint density at radius 2 is 1.87 bits per heavy atom. The normalized spacial score (nSPS) is 21.7. The second-order valence-electron chi connectivity index (χ2n) is 8.14. The van der Waals surface area contributed by atoms with Crippen molar-refractivity contribution >= 4 is 22.5 Å². The van der Waals surface area contributed by atoms with Crippen molar-refractivity contribution in [1.29, 1.82) is 0 Å². The quantitative estimate of drug-likeness (QED) is 0.718. The summed E-state index contributed by atoms with van der Waals surface area (Å²) in [6.45, 7) is 4.24. The minimum absolute atomic E-state index is 0.0797. The number of amides is 1. The maximum absolute atomic E-state index is 13.5. The monoisotopic (exact) mass is 407 g/mol. The van der Waals surface area contributed by atoms with Crippen molar-refractivity contribution in [3.8, 4) is 0 Å². The Bertz CT molecular complexity index is 1060. The first-order chi connectivity index (χ1) is 14.7. The van der Waals surface area contributed by atoms with E-state index in [1.54, 1.807) is 4.90 Å². The lowest BCUT2D eigenvalue weighted by Gasteiger charge is -2.40. The van der Waals surface area contributed by atoms with Crippen LogP contribution in [0.25, 0.3) is 10.9 Å². The van der Waals surface area contributed by atoms with E-state index in [9.17, 15) is 9.18 Å². The minimum Gasteiger partial charge on any atom is -0.378 e. The zero-order valence-corrected chi connectivity index (χ0v) is 17.1. The van der Waals surface area contributed by atoms with Gasteiger partial charge in [-0.3, -0.25) is 4.79 Å². The number of alkyl halides is 1. The zero-order chi connectivity index (χ0) is 20.7. The summed E-state index contributed by atoms with van der Waals surface area (Å²) in [4.78, 5) is 20.2. The van der Waals surface area contributed by atoms with Gasteiger partial charge in [0.15, 0.2) is 6.67 Å². The number of nitrogens with zero attached hydrogens (tertiary/aromatic N) is 2. The van der Waals surface area contributed by atoms with Gasteiger partial charge in [0.1, 0.15) is 0 Å². The van der Waals surface area contributed by atoms with Crippen LogP contribution >= 0.6 is 0 Å². The number of anilines is 1. The van der Waals surface area contributed by atoms with Crippen molar-refractivity contribution in [3.05, 3.63) is 65.4 Å². The number of nitrogens with one attached hydrogen (secondary N) is 1. The molecule has 1 aromatic heterocycles. The van der Waals surface area contributed by atoms with Gasteiger partial charge in [-0.2, -0.15) is 0 Å². The Kier molecular flexibility index (Phi) is 4.95. The molecule has 5 rings (SSSR count). The van der Waals surface area contributed by atoms with E-state index >= 15 is 0 Å². The largest absolute Gasteiger partial charge is 0.378 e. The van der Waals surface area contributed by atoms with Gasteiger partial charge in [-0.25, -0.2) is 4.39 Å². The molecule has 3 heterocycles. The molecule has 1 fully saturated rings. The molecular formula is C24H26FN3O2. The highest BCUT2D eigenvalue weighted by molar-refractivity contribution is 5.87. The van der Waals surface area contributed by atoms with E-state index in [-0.39, 0.29) is 12.1 Å². The van der Waals surface area contributed by atoms with Gasteiger partial charge in [0.2, 0.25) is 0 Å². The summed E-state index contributed by atoms with van der Waals surface area (Å²) in [5, 5.41) is 1.18. The van der Waals surface area contributed by atoms with Crippen LogP contribution in [0.4, 0.5) is 10.1 Å². The molecule has 1 N–H and O–H groups in total. The first-order valence-corrected chi connectivity index (χ1v) is 10.6. The Hall–Kier alpha value is -2.86. The summed E-state index contributed by atoms with van der Waals surface area (Å²) >= 11 is 0. The summed E-state index contributed by atoms with van der Waals surface area (Å²) in [5.41, 5.74) is 5.41. The molecule has 5 nitrogen and oxygen atoms in total. The molecule has 2 aliphatic rings. The van der Waals surface area contributed by atoms with Crippen LogP contribution < -0.4 is 4.90 Å². The van der Waals surface area contributed by atoms with E-state index in [4.69, 9.17) is 4.74 Å². The third-order valence-electron chi connectivity index (χ3n) is 6.36. The smallest absolute Gasteiger partial charge is 0.255 e. The maximum atomic E-state index is 13.5. The van der Waals surface area contributed by atoms with Crippen LogP contribution in [-0.4, -0.2) is 54.8 Å². The fourth-order valence-corrected chi connectivity index (χ4v) is 4.94. The van der Waals surface area contributed by atoms with Gasteiger partial charge in [-0.15, -0.1) is 0 Å². The van der Waals surface area contributed by atoms with Crippen LogP contribution in [0.2, 0.25) is 0 Å². The lowest BCUT2D eigenvalue weighted by Crippen LogP contribution is -2.47. The number of aromatic nitrogens is 1. The SMILES string of the molecule is C[C@H]1Cc2c([nH]c3ccccc23)[C@H](c2ccc(N3CCOCC3)cc2)N1C(=O)CF. The molecule has 1 amide bonds. The highest BCUT2D eigenvalue weighted by Gasteiger charge is 2.38. The molecule has 0 saturated carbocycles. The molecule has 2 aliphatic heterocycles. The van der Waals surface area contributed by atoms with Crippen LogP contribution in [-0.2, 0) is 16.0 Å². The Morgan fingerprint density at radius 1 is 1.13 bits per heavy atom. The number of fused-ring (bicyclic) bond motifs is 3. The first kappa shape index (κ1) is 19.1. The summed E-state index contributed by atoms with van der Waals surface area (Å²) in [7, 11) is 0. The highest BCUT2D eigenvalue weighted by atomic mass is 19.1. The molecule has 30 heavy (non-hydrogen) atoms. The molecule has 1 saturated heterocycles. The Labute approximate surface area is 175 Å². The Morgan fingerprint density at radius 3 is 2.60 bits per heavy atom. The molecule has 0 unspecified atom stereocenters. The third kappa shape index (κ3) is 3.16. The Balaban J connectivity index is 1.59. The van der Waals surface area contributed by atoms with E-state index in [2.05, 4.69) is 46.3 Å². The van der Waals surface area contributed by atoms with E-state index in [1.165, 1.54) is 10.9 Å². The lowest BCUT2D eigenvalue weighted by atomic mass is 9.88. The maximum Gasteiger partial charge on any atom is 0.255 e. The summed E-state index contributed by atoms with van der Waals surface area (Å²) in [5.74, 6) is -0.464. The molecule has 0 spiro atoms. The molecule has 3 aromatic rings. The number of para-hydroxylation sites is 1. The molecule has 0 aliphatic carbocycles. The van der Waals surface area contributed by atoms with Crippen molar-refractivity contribution in [2.45, 2.75) is 25.4 Å². The number of rotatable bonds is 3. The van der Waals surface area contributed by atoms with Gasteiger partial charge in [0.25, 0.3) is 5.91 Å². The average Bonchev–Trinajstić information content (AvgIpc) is 3.16. The molecule has 156 valence electrons. The number of H-pyrrole nitrogens is 1. The van der Waals surface area contributed by atoms with Crippen LogP contribution in [0.15, 0.2) is 48.5 Å². The number of hydrogen-bond donors (Lipinski definition) is 1. The van der Waals surface area contributed by atoms with Gasteiger partial charge in [0.05, 0.1) is 19.3 Å². The van der Waals surface area contributed by atoms with E-state index < -0.39 is 12.6 Å². The lowest BCUT2D eigenvalue weighted by molar-refractivity contribution is -0.136. The number of aromatic amines is 1. The van der Waals surface area contributed by atoms with Crippen molar-refractivity contribution in [2.75, 3.05) is 37.9 Å². The zero-order valence-electron chi connectivity index (χ0n) is 17.1. The molecule has 2 aromatic carbocycles. The molecule has 0 radical (unpaired) electrons. The van der Waals surface area contributed by atoms with Crippen LogP contribution in [0, 0.1) is 0 Å². The number of morpholine rings is 1. The van der Waals surface area contributed by atoms with Gasteiger partial charge in [0, 0.05) is 41.4 Å². The standard InChI is InChI=1S/C24H26FN3O2/c1-16-14-20-19-4-2-3-5-21(19)26-23(20)24(28(16)22(29)15-25)17-6-8-18(9-7-17)27-10-12-30-13-11-27/h2-9,16,24,26H,10-15H2,1H3/t16-,24-/m0/s1. The summed E-state index contributed by atoms with van der Waals surface area (Å²) in [6.07, 6.45) is 0.716. The van der Waals surface area contributed by atoms with Gasteiger partial charge < -0.3 is 19.5 Å². The highest BCUT2D eigenvalue weighted by Crippen LogP contribution is 2.41. The molecule has 0 bridgehead atoms. The van der Waals surface area contributed by atoms with Gasteiger partial charge in [-0.05, 0) is 42.7 Å². The topological polar surface area (TPSA) is 48.6 Å². The fraction of sp³-hybridized carbons (Fsp3) is 0.375. The fourth-order valence-electron chi connectivity index (χ4n) is 4.94. The first-order valence-electron chi connectivity index (χ1n) is 10.6. The number of carbonyl (C=O) groups excluding carboxylic acids is 1. The number of ether oxygens (including phenoxy) is 1. The minimum atomic E-state index is -0.984. The molecule has 2 atom stereocenters. The van der Waals surface area contributed by atoms with E-state index in [1.807, 2.05) is 19.1 Å². The van der Waals surface area contributed by atoms with E-state index in [0.717, 1.165) is 48.8 Å². The number of carbonyl (C=O) groups is 1. The second-order valence-corrected chi connectivity index (χ2v) is 8.14. The van der Waals surface area contributed by atoms with Crippen LogP contribution in [0.5, 0.6) is 0 Å². The van der Waals surface area contributed by atoms with E-state index in [0.29, 0.717) is 6.42 Å². The molecular weight excluding hydrogens is 381 g/mol. The summed E-state index contributed by atoms with van der Waals surface area (Å²) in [6, 6.07) is 16.1. The predicted octanol–water partition coefficient (Wildman–Crippen LogP) is 3.84.